The molecule has 2 atom stereocenters. The molecule has 0 aliphatic rings. The van der Waals surface area contributed by atoms with E-state index in [0.29, 0.717) is 6.04 Å². The Morgan fingerprint density at radius 2 is 2.11 bits per heavy atom. The number of hydrogen-bond donors (Lipinski definition) is 1. The number of nitrogens with zero attached hydrogens (tertiary/aromatic N) is 1. The molecular formula is C15H27BrN2S. The maximum absolute atomic E-state index is 3.75. The van der Waals surface area contributed by atoms with Gasteiger partial charge in [0.15, 0.2) is 0 Å². The van der Waals surface area contributed by atoms with Crippen LogP contribution in [-0.4, -0.2) is 37.1 Å². The molecule has 0 radical (unpaired) electrons. The van der Waals surface area contributed by atoms with Crippen molar-refractivity contribution in [3.63, 3.8) is 0 Å². The van der Waals surface area contributed by atoms with Crippen LogP contribution in [0.4, 0.5) is 0 Å². The van der Waals surface area contributed by atoms with Crippen molar-refractivity contribution in [2.24, 2.45) is 0 Å². The minimum absolute atomic E-state index is 0.179. The number of halogens is 1. The Balaban J connectivity index is 2.90. The molecule has 2 nitrogen and oxygen atoms in total. The fourth-order valence-electron chi connectivity index (χ4n) is 2.36. The normalized spacial score (nSPS) is 16.6. The van der Waals surface area contributed by atoms with Gasteiger partial charge in [0.25, 0.3) is 0 Å². The number of rotatable bonds is 8. The van der Waals surface area contributed by atoms with Gasteiger partial charge in [-0.2, -0.15) is 0 Å². The molecule has 0 saturated heterocycles. The molecular weight excluding hydrogens is 320 g/mol. The van der Waals surface area contributed by atoms with Crippen LogP contribution in [0.1, 0.15) is 38.5 Å². The van der Waals surface area contributed by atoms with Crippen LogP contribution >= 0.6 is 27.3 Å². The van der Waals surface area contributed by atoms with Crippen molar-refractivity contribution in [3.8, 4) is 0 Å². The third-order valence-electron chi connectivity index (χ3n) is 4.21. The second kappa shape index (κ2) is 7.77. The van der Waals surface area contributed by atoms with E-state index >= 15 is 0 Å². The lowest BCUT2D eigenvalue weighted by Crippen LogP contribution is -2.57. The summed E-state index contributed by atoms with van der Waals surface area (Å²) in [4.78, 5) is 3.80. The highest BCUT2D eigenvalue weighted by molar-refractivity contribution is 9.10. The Kier molecular flexibility index (Phi) is 7.01. The van der Waals surface area contributed by atoms with E-state index < -0.39 is 0 Å². The molecule has 0 aromatic carbocycles. The van der Waals surface area contributed by atoms with Gasteiger partial charge in [-0.1, -0.05) is 13.8 Å². The average Bonchev–Trinajstić information content (AvgIpc) is 2.78. The zero-order valence-electron chi connectivity index (χ0n) is 12.8. The first kappa shape index (κ1) is 17.2. The monoisotopic (exact) mass is 346 g/mol. The van der Waals surface area contributed by atoms with Gasteiger partial charge in [0.2, 0.25) is 0 Å². The second-order valence-electron chi connectivity index (χ2n) is 5.51. The Hall–Kier alpha value is 0.1000. The minimum Gasteiger partial charge on any atom is -0.312 e. The van der Waals surface area contributed by atoms with Gasteiger partial charge in [0.1, 0.15) is 0 Å². The van der Waals surface area contributed by atoms with E-state index in [1.807, 2.05) is 11.3 Å². The van der Waals surface area contributed by atoms with Crippen molar-refractivity contribution in [2.45, 2.75) is 51.6 Å². The van der Waals surface area contributed by atoms with Crippen LogP contribution in [0.15, 0.2) is 15.9 Å². The van der Waals surface area contributed by atoms with Crippen molar-refractivity contribution >= 4 is 27.3 Å². The summed E-state index contributed by atoms with van der Waals surface area (Å²) >= 11 is 5.50. The van der Waals surface area contributed by atoms with E-state index in [-0.39, 0.29) is 5.54 Å². The number of likely N-dealkylation sites (N-methyl/N-ethyl adjacent to an activating group) is 1. The Morgan fingerprint density at radius 1 is 1.42 bits per heavy atom. The fourth-order valence-corrected chi connectivity index (χ4v) is 3.92. The molecule has 2 unspecified atom stereocenters. The first-order valence-electron chi connectivity index (χ1n) is 7.08. The summed E-state index contributed by atoms with van der Waals surface area (Å²) < 4.78 is 1.25. The van der Waals surface area contributed by atoms with E-state index in [4.69, 9.17) is 0 Å². The predicted octanol–water partition coefficient (Wildman–Crippen LogP) is 4.15. The van der Waals surface area contributed by atoms with Crippen molar-refractivity contribution in [2.75, 3.05) is 20.6 Å². The summed E-state index contributed by atoms with van der Waals surface area (Å²) in [5.41, 5.74) is 0.179. The van der Waals surface area contributed by atoms with Crippen LogP contribution in [0.5, 0.6) is 0 Å². The summed E-state index contributed by atoms with van der Waals surface area (Å²) in [6.45, 7) is 7.95. The van der Waals surface area contributed by atoms with E-state index in [1.165, 1.54) is 15.8 Å². The van der Waals surface area contributed by atoms with Gasteiger partial charge in [-0.05, 0) is 74.2 Å². The van der Waals surface area contributed by atoms with Crippen molar-refractivity contribution < 1.29 is 0 Å². The van der Waals surface area contributed by atoms with Crippen LogP contribution in [-0.2, 0) is 6.42 Å². The molecule has 1 rings (SSSR count). The molecule has 0 aliphatic heterocycles. The fraction of sp³-hybridized carbons (Fsp3) is 0.733. The van der Waals surface area contributed by atoms with Gasteiger partial charge >= 0.3 is 0 Å². The average molecular weight is 347 g/mol. The minimum atomic E-state index is 0.179. The second-order valence-corrected chi connectivity index (χ2v) is 7.36. The highest BCUT2D eigenvalue weighted by Gasteiger charge is 2.34. The molecule has 0 saturated carbocycles. The maximum Gasteiger partial charge on any atom is 0.0329 e. The molecule has 1 aromatic rings. The molecule has 1 heterocycles. The number of nitrogens with one attached hydrogen (secondary N) is 1. The van der Waals surface area contributed by atoms with Crippen molar-refractivity contribution in [1.82, 2.24) is 10.2 Å². The van der Waals surface area contributed by atoms with Gasteiger partial charge < -0.3 is 10.2 Å². The molecule has 1 N–H and O–H groups in total. The molecule has 0 spiro atoms. The lowest BCUT2D eigenvalue weighted by Gasteiger charge is -2.43. The standard InChI is InChI=1S/C15H27BrN2S/c1-6-9-17-14(15(3,7-2)18(4)5)11-13-12(16)8-10-19-13/h8,10,14,17H,6-7,9,11H2,1-5H3. The van der Waals surface area contributed by atoms with Crippen molar-refractivity contribution in [1.29, 1.82) is 0 Å². The van der Waals surface area contributed by atoms with E-state index in [1.54, 1.807) is 0 Å². The molecule has 0 bridgehead atoms. The van der Waals surface area contributed by atoms with Gasteiger partial charge in [0, 0.05) is 20.9 Å². The van der Waals surface area contributed by atoms with Crippen LogP contribution < -0.4 is 5.32 Å². The molecule has 110 valence electrons. The topological polar surface area (TPSA) is 15.3 Å². The smallest absolute Gasteiger partial charge is 0.0329 e. The molecule has 1 aromatic heterocycles. The van der Waals surface area contributed by atoms with E-state index in [0.717, 1.165) is 19.4 Å². The SMILES string of the molecule is CCCNC(Cc1sccc1Br)C(C)(CC)N(C)C. The summed E-state index contributed by atoms with van der Waals surface area (Å²) in [6.07, 6.45) is 3.40. The van der Waals surface area contributed by atoms with Gasteiger partial charge in [-0.3, -0.25) is 0 Å². The van der Waals surface area contributed by atoms with E-state index in [9.17, 15) is 0 Å². The molecule has 0 aliphatic carbocycles. The highest BCUT2D eigenvalue weighted by atomic mass is 79.9. The lowest BCUT2D eigenvalue weighted by atomic mass is 9.85. The third kappa shape index (κ3) is 4.28. The summed E-state index contributed by atoms with van der Waals surface area (Å²) in [7, 11) is 4.38. The number of thiophene rings is 1. The third-order valence-corrected chi connectivity index (χ3v) is 6.16. The molecule has 4 heteroatoms. The Bertz CT molecular complexity index is 378. The zero-order valence-corrected chi connectivity index (χ0v) is 15.2. The van der Waals surface area contributed by atoms with Crippen LogP contribution in [0, 0.1) is 0 Å². The quantitative estimate of drug-likeness (QED) is 0.760. The van der Waals surface area contributed by atoms with Gasteiger partial charge in [0.05, 0.1) is 0 Å². The summed E-state index contributed by atoms with van der Waals surface area (Å²) in [6, 6.07) is 2.62. The maximum atomic E-state index is 3.75. The predicted molar refractivity (Wildman–Crippen MR) is 90.2 cm³/mol. The first-order valence-corrected chi connectivity index (χ1v) is 8.75. The first-order chi connectivity index (χ1) is 8.95. The molecule has 0 amide bonds. The summed E-state index contributed by atoms with van der Waals surface area (Å²) in [5.74, 6) is 0. The summed E-state index contributed by atoms with van der Waals surface area (Å²) in [5, 5.41) is 5.91. The Morgan fingerprint density at radius 3 is 2.53 bits per heavy atom. The van der Waals surface area contributed by atoms with Gasteiger partial charge in [-0.15, -0.1) is 11.3 Å². The van der Waals surface area contributed by atoms with Crippen LogP contribution in [0.25, 0.3) is 0 Å². The van der Waals surface area contributed by atoms with Crippen molar-refractivity contribution in [3.05, 3.63) is 20.8 Å². The van der Waals surface area contributed by atoms with E-state index in [2.05, 4.69) is 72.5 Å². The van der Waals surface area contributed by atoms with Crippen LogP contribution in [0.3, 0.4) is 0 Å². The Labute approximate surface area is 130 Å². The molecule has 19 heavy (non-hydrogen) atoms. The zero-order chi connectivity index (χ0) is 14.5. The lowest BCUT2D eigenvalue weighted by molar-refractivity contribution is 0.113. The largest absolute Gasteiger partial charge is 0.312 e. The highest BCUT2D eigenvalue weighted by Crippen LogP contribution is 2.29. The van der Waals surface area contributed by atoms with Gasteiger partial charge in [-0.25, -0.2) is 0 Å². The number of hydrogen-bond acceptors (Lipinski definition) is 3. The van der Waals surface area contributed by atoms with Crippen LogP contribution in [0.2, 0.25) is 0 Å². The molecule has 0 fully saturated rings.